The van der Waals surface area contributed by atoms with Crippen LogP contribution in [0.1, 0.15) is 55.0 Å². The molecular formula is C23H26N4O3S2. The Morgan fingerprint density at radius 1 is 1.34 bits per heavy atom. The van der Waals surface area contributed by atoms with E-state index in [9.17, 15) is 14.1 Å². The molecule has 32 heavy (non-hydrogen) atoms. The van der Waals surface area contributed by atoms with E-state index in [1.54, 1.807) is 43.9 Å². The average molecular weight is 471 g/mol. The van der Waals surface area contributed by atoms with E-state index in [0.717, 1.165) is 52.1 Å². The topological polar surface area (TPSA) is 119 Å². The maximum atomic E-state index is 13.1. The third-order valence-corrected chi connectivity index (χ3v) is 8.48. The average Bonchev–Trinajstić information content (AvgIpc) is 3.42. The highest BCUT2D eigenvalue weighted by Gasteiger charge is 2.29. The molecule has 1 amide bonds. The van der Waals surface area contributed by atoms with Crippen LogP contribution >= 0.6 is 11.3 Å². The third-order valence-electron chi connectivity index (χ3n) is 5.59. The summed E-state index contributed by atoms with van der Waals surface area (Å²) in [4.78, 5) is 21.7. The van der Waals surface area contributed by atoms with Crippen LogP contribution in [0.15, 0.2) is 50.7 Å². The molecule has 1 atom stereocenters. The van der Waals surface area contributed by atoms with Crippen LogP contribution in [0.25, 0.3) is 11.1 Å². The summed E-state index contributed by atoms with van der Waals surface area (Å²) in [5.41, 5.74) is 4.02. The van der Waals surface area contributed by atoms with Crippen LogP contribution in [0, 0.1) is 6.92 Å². The van der Waals surface area contributed by atoms with Crippen LogP contribution in [0.2, 0.25) is 0 Å². The highest BCUT2D eigenvalue weighted by molar-refractivity contribution is 7.93. The summed E-state index contributed by atoms with van der Waals surface area (Å²) in [5.74, 6) is -0.126. The summed E-state index contributed by atoms with van der Waals surface area (Å²) < 4.78 is 17.2. The minimum Gasteiger partial charge on any atom is -0.386 e. The van der Waals surface area contributed by atoms with Crippen molar-refractivity contribution in [1.82, 2.24) is 9.97 Å². The summed E-state index contributed by atoms with van der Waals surface area (Å²) in [6.45, 7) is 5.23. The standard InChI is InChI=1S/C23H26N4O3S2/c1-14-18(19(15-6-8-25-9-7-15)12-26-22(14)16-4-5-16)11-20(28)27-32(24,30)21-10-17(13-31-21)23(2,3)29/h6-10,12-13,16,29H,4-5,11H2,1-3H3,(H2,24,27,28,30). The molecule has 3 heterocycles. The van der Waals surface area contributed by atoms with Gasteiger partial charge >= 0.3 is 0 Å². The quantitative estimate of drug-likeness (QED) is 0.562. The van der Waals surface area contributed by atoms with Crippen molar-refractivity contribution in [1.29, 1.82) is 0 Å². The molecular weight excluding hydrogens is 444 g/mol. The molecule has 0 spiro atoms. The van der Waals surface area contributed by atoms with Crippen LogP contribution in [0.5, 0.6) is 0 Å². The van der Waals surface area contributed by atoms with Gasteiger partial charge in [0.1, 0.15) is 4.21 Å². The predicted octanol–water partition coefficient (Wildman–Crippen LogP) is 4.09. The second-order valence-corrected chi connectivity index (χ2v) is 11.5. The Hall–Kier alpha value is -2.46. The molecule has 9 heteroatoms. The van der Waals surface area contributed by atoms with Gasteiger partial charge in [0.25, 0.3) is 5.91 Å². The number of nitrogens with zero attached hydrogens (tertiary/aromatic N) is 3. The summed E-state index contributed by atoms with van der Waals surface area (Å²) in [6.07, 6.45) is 7.35. The minimum atomic E-state index is -3.42. The molecule has 168 valence electrons. The Kier molecular flexibility index (Phi) is 6.02. The summed E-state index contributed by atoms with van der Waals surface area (Å²) in [6, 6.07) is 5.29. The van der Waals surface area contributed by atoms with E-state index in [1.807, 2.05) is 19.1 Å². The molecule has 0 bridgehead atoms. The van der Waals surface area contributed by atoms with Crippen molar-refractivity contribution in [3.05, 3.63) is 64.6 Å². The van der Waals surface area contributed by atoms with Gasteiger partial charge in [-0.25, -0.2) is 9.35 Å². The predicted molar refractivity (Wildman–Crippen MR) is 125 cm³/mol. The Morgan fingerprint density at radius 3 is 2.62 bits per heavy atom. The molecule has 0 aliphatic heterocycles. The Balaban J connectivity index is 1.70. The van der Waals surface area contributed by atoms with Gasteiger partial charge in [-0.2, -0.15) is 0 Å². The molecule has 1 saturated carbocycles. The normalized spacial score (nSPS) is 15.9. The smallest absolute Gasteiger partial charge is 0.259 e. The van der Waals surface area contributed by atoms with Gasteiger partial charge in [-0.15, -0.1) is 15.7 Å². The second-order valence-electron chi connectivity index (χ2n) is 8.61. The SMILES string of the molecule is Cc1c(C2CC2)ncc(-c2ccncc2)c1CC(=O)N=S(N)(=O)c1cc(C(C)(C)O)cs1. The zero-order valence-corrected chi connectivity index (χ0v) is 19.9. The Labute approximate surface area is 192 Å². The number of rotatable bonds is 6. The van der Waals surface area contributed by atoms with Crippen molar-refractivity contribution in [2.24, 2.45) is 9.50 Å². The molecule has 1 aliphatic carbocycles. The molecule has 7 nitrogen and oxygen atoms in total. The molecule has 3 aromatic rings. The first-order valence-corrected chi connectivity index (χ1v) is 12.8. The van der Waals surface area contributed by atoms with Crippen molar-refractivity contribution in [2.75, 3.05) is 0 Å². The lowest BCUT2D eigenvalue weighted by atomic mass is 9.94. The Bertz CT molecular complexity index is 1280. The van der Waals surface area contributed by atoms with E-state index in [-0.39, 0.29) is 10.6 Å². The molecule has 0 aromatic carbocycles. The van der Waals surface area contributed by atoms with Crippen molar-refractivity contribution in [2.45, 2.75) is 55.8 Å². The van der Waals surface area contributed by atoms with Crippen molar-refractivity contribution < 1.29 is 14.1 Å². The maximum absolute atomic E-state index is 13.1. The molecule has 1 fully saturated rings. The number of nitrogens with two attached hydrogens (primary N) is 1. The molecule has 1 unspecified atom stereocenters. The fourth-order valence-electron chi connectivity index (χ4n) is 3.61. The fraction of sp³-hybridized carbons (Fsp3) is 0.348. The van der Waals surface area contributed by atoms with Crippen LogP contribution < -0.4 is 5.14 Å². The number of amides is 1. The summed E-state index contributed by atoms with van der Waals surface area (Å²) in [7, 11) is -3.42. The van der Waals surface area contributed by atoms with Crippen LogP contribution in [0.4, 0.5) is 0 Å². The minimum absolute atomic E-state index is 0.0242. The van der Waals surface area contributed by atoms with E-state index in [1.165, 1.54) is 0 Å². The first-order valence-electron chi connectivity index (χ1n) is 10.3. The first-order chi connectivity index (χ1) is 15.1. The number of hydrogen-bond donors (Lipinski definition) is 2. The van der Waals surface area contributed by atoms with E-state index in [0.29, 0.717) is 11.5 Å². The van der Waals surface area contributed by atoms with Gasteiger partial charge in [-0.1, -0.05) is 0 Å². The number of carbonyl (C=O) groups is 1. The van der Waals surface area contributed by atoms with Gasteiger partial charge in [-0.05, 0) is 79.4 Å². The number of pyridine rings is 2. The molecule has 4 rings (SSSR count). The van der Waals surface area contributed by atoms with Crippen molar-refractivity contribution >= 4 is 27.2 Å². The fourth-order valence-corrected chi connectivity index (χ4v) is 5.97. The van der Waals surface area contributed by atoms with Gasteiger partial charge in [0.15, 0.2) is 9.92 Å². The van der Waals surface area contributed by atoms with Gasteiger partial charge in [-0.3, -0.25) is 14.8 Å². The van der Waals surface area contributed by atoms with Gasteiger partial charge in [0, 0.05) is 35.8 Å². The third kappa shape index (κ3) is 4.80. The lowest BCUT2D eigenvalue weighted by molar-refractivity contribution is -0.117. The van der Waals surface area contributed by atoms with Gasteiger partial charge in [0.2, 0.25) is 0 Å². The highest BCUT2D eigenvalue weighted by Crippen LogP contribution is 2.42. The molecule has 3 N–H and O–H groups in total. The van der Waals surface area contributed by atoms with Gasteiger partial charge in [0.05, 0.1) is 12.0 Å². The van der Waals surface area contributed by atoms with Crippen LogP contribution in [-0.4, -0.2) is 25.2 Å². The summed E-state index contributed by atoms with van der Waals surface area (Å²) in [5, 5.41) is 17.8. The maximum Gasteiger partial charge on any atom is 0.259 e. The Morgan fingerprint density at radius 2 is 2.03 bits per heavy atom. The highest BCUT2D eigenvalue weighted by atomic mass is 32.2. The van der Waals surface area contributed by atoms with E-state index in [4.69, 9.17) is 5.14 Å². The van der Waals surface area contributed by atoms with E-state index >= 15 is 0 Å². The number of aliphatic hydroxyl groups is 1. The molecule has 3 aromatic heterocycles. The first kappa shape index (κ1) is 22.7. The number of thiophene rings is 1. The van der Waals surface area contributed by atoms with Crippen LogP contribution in [-0.2, 0) is 26.7 Å². The van der Waals surface area contributed by atoms with Crippen molar-refractivity contribution in [3.63, 3.8) is 0 Å². The number of aromatic nitrogens is 2. The zero-order valence-electron chi connectivity index (χ0n) is 18.2. The lowest BCUT2D eigenvalue weighted by Crippen LogP contribution is -2.17. The second kappa shape index (κ2) is 8.47. The molecule has 0 saturated heterocycles. The lowest BCUT2D eigenvalue weighted by Gasteiger charge is -2.15. The largest absolute Gasteiger partial charge is 0.386 e. The van der Waals surface area contributed by atoms with Crippen LogP contribution in [0.3, 0.4) is 0 Å². The zero-order chi connectivity index (χ0) is 23.1. The van der Waals surface area contributed by atoms with Gasteiger partial charge < -0.3 is 5.11 Å². The van der Waals surface area contributed by atoms with Crippen molar-refractivity contribution in [3.8, 4) is 11.1 Å². The van der Waals surface area contributed by atoms with E-state index in [2.05, 4.69) is 14.3 Å². The molecule has 0 radical (unpaired) electrons. The summed E-state index contributed by atoms with van der Waals surface area (Å²) >= 11 is 1.13. The monoisotopic (exact) mass is 470 g/mol. The van der Waals surface area contributed by atoms with E-state index < -0.39 is 21.4 Å². The number of carbonyl (C=O) groups excluding carboxylic acids is 1. The number of hydrogen-bond acceptors (Lipinski definition) is 6. The molecule has 1 aliphatic rings.